The molecule has 2 heterocycles. The summed E-state index contributed by atoms with van der Waals surface area (Å²) in [4.78, 5) is 23.2. The number of amides is 1. The van der Waals surface area contributed by atoms with E-state index >= 15 is 0 Å². The molecule has 1 saturated heterocycles. The van der Waals surface area contributed by atoms with E-state index in [1.54, 1.807) is 31.9 Å². The van der Waals surface area contributed by atoms with Crippen LogP contribution in [0.1, 0.15) is 26.8 Å². The molecule has 0 bridgehead atoms. The SMILES string of the molecule is CC(C)(C)OC(=O)N1CC(n2ccc([N+](=O)[O-])n2)C1. The predicted octanol–water partition coefficient (Wildman–Crippen LogP) is 1.58. The van der Waals surface area contributed by atoms with Crippen molar-refractivity contribution in [1.82, 2.24) is 14.7 Å². The number of carbonyl (C=O) groups excluding carboxylic acids is 1. The van der Waals surface area contributed by atoms with Crippen molar-refractivity contribution in [3.63, 3.8) is 0 Å². The van der Waals surface area contributed by atoms with E-state index in [9.17, 15) is 14.9 Å². The maximum atomic E-state index is 11.7. The third kappa shape index (κ3) is 3.01. The molecule has 8 nitrogen and oxygen atoms in total. The van der Waals surface area contributed by atoms with Crippen molar-refractivity contribution in [2.45, 2.75) is 32.4 Å². The number of nitrogens with zero attached hydrogens (tertiary/aromatic N) is 4. The Morgan fingerprint density at radius 3 is 2.63 bits per heavy atom. The lowest BCUT2D eigenvalue weighted by atomic mass is 10.1. The number of carbonyl (C=O) groups is 1. The fourth-order valence-corrected chi connectivity index (χ4v) is 1.73. The Kier molecular flexibility index (Phi) is 3.17. The normalized spacial score (nSPS) is 16.1. The van der Waals surface area contributed by atoms with Crippen LogP contribution in [0.3, 0.4) is 0 Å². The van der Waals surface area contributed by atoms with Crippen LogP contribution in [0.25, 0.3) is 0 Å². The zero-order chi connectivity index (χ0) is 14.2. The van der Waals surface area contributed by atoms with Crippen LogP contribution in [-0.4, -0.2) is 44.4 Å². The monoisotopic (exact) mass is 268 g/mol. The first-order chi connectivity index (χ1) is 8.76. The van der Waals surface area contributed by atoms with Gasteiger partial charge < -0.3 is 19.8 Å². The smallest absolute Gasteiger partial charge is 0.410 e. The van der Waals surface area contributed by atoms with E-state index < -0.39 is 10.5 Å². The van der Waals surface area contributed by atoms with E-state index in [-0.39, 0.29) is 18.0 Å². The highest BCUT2D eigenvalue weighted by Crippen LogP contribution is 2.24. The van der Waals surface area contributed by atoms with Crippen LogP contribution in [0.2, 0.25) is 0 Å². The Bertz CT molecular complexity index is 499. The van der Waals surface area contributed by atoms with Gasteiger partial charge in [0.25, 0.3) is 0 Å². The molecule has 104 valence electrons. The Morgan fingerprint density at radius 1 is 1.53 bits per heavy atom. The molecular formula is C11H16N4O4. The Balaban J connectivity index is 1.89. The number of nitro groups is 1. The highest BCUT2D eigenvalue weighted by Gasteiger charge is 2.36. The highest BCUT2D eigenvalue weighted by molar-refractivity contribution is 5.69. The number of hydrogen-bond donors (Lipinski definition) is 0. The van der Waals surface area contributed by atoms with Gasteiger partial charge in [0.2, 0.25) is 0 Å². The molecular weight excluding hydrogens is 252 g/mol. The number of ether oxygens (including phenoxy) is 1. The molecule has 0 radical (unpaired) electrons. The van der Waals surface area contributed by atoms with Crippen LogP contribution in [0.5, 0.6) is 0 Å². The first-order valence-electron chi connectivity index (χ1n) is 5.94. The van der Waals surface area contributed by atoms with Crippen molar-refractivity contribution < 1.29 is 14.5 Å². The van der Waals surface area contributed by atoms with E-state index in [2.05, 4.69) is 5.10 Å². The van der Waals surface area contributed by atoms with Crippen molar-refractivity contribution in [3.05, 3.63) is 22.4 Å². The summed E-state index contributed by atoms with van der Waals surface area (Å²) in [5.41, 5.74) is -0.521. The Hall–Kier alpha value is -2.12. The molecule has 2 rings (SSSR count). The molecule has 0 unspecified atom stereocenters. The van der Waals surface area contributed by atoms with Gasteiger partial charge >= 0.3 is 11.9 Å². The minimum absolute atomic E-state index is 0.0266. The molecule has 0 saturated carbocycles. The number of likely N-dealkylation sites (tertiary alicyclic amines) is 1. The first kappa shape index (κ1) is 13.3. The fraction of sp³-hybridized carbons (Fsp3) is 0.636. The molecule has 1 aliphatic heterocycles. The van der Waals surface area contributed by atoms with Gasteiger partial charge in [-0.2, -0.15) is 4.68 Å². The van der Waals surface area contributed by atoms with Gasteiger partial charge in [-0.25, -0.2) is 4.79 Å². The predicted molar refractivity (Wildman–Crippen MR) is 65.7 cm³/mol. The lowest BCUT2D eigenvalue weighted by Gasteiger charge is -2.38. The zero-order valence-electron chi connectivity index (χ0n) is 11.1. The molecule has 0 N–H and O–H groups in total. The summed E-state index contributed by atoms with van der Waals surface area (Å²) in [6.45, 7) is 6.32. The van der Waals surface area contributed by atoms with Crippen molar-refractivity contribution in [3.8, 4) is 0 Å². The molecule has 8 heteroatoms. The summed E-state index contributed by atoms with van der Waals surface area (Å²) in [6.07, 6.45) is 1.18. The number of hydrogen-bond acceptors (Lipinski definition) is 5. The van der Waals surface area contributed by atoms with E-state index in [1.807, 2.05) is 0 Å². The minimum atomic E-state index is -0.541. The second kappa shape index (κ2) is 4.52. The summed E-state index contributed by atoms with van der Waals surface area (Å²) in [5.74, 6) is -0.185. The largest absolute Gasteiger partial charge is 0.444 e. The summed E-state index contributed by atoms with van der Waals surface area (Å²) in [6, 6.07) is 1.32. The first-order valence-corrected chi connectivity index (χ1v) is 5.94. The van der Waals surface area contributed by atoms with Crippen molar-refractivity contribution in [2.75, 3.05) is 13.1 Å². The average Bonchev–Trinajstić information content (AvgIpc) is 2.61. The fourth-order valence-electron chi connectivity index (χ4n) is 1.73. The second-order valence-electron chi connectivity index (χ2n) is 5.45. The lowest BCUT2D eigenvalue weighted by molar-refractivity contribution is -0.389. The number of rotatable bonds is 2. The molecule has 0 aliphatic carbocycles. The van der Waals surface area contributed by atoms with E-state index in [4.69, 9.17) is 4.74 Å². The topological polar surface area (TPSA) is 90.5 Å². The van der Waals surface area contributed by atoms with Gasteiger partial charge in [0.15, 0.2) is 0 Å². The van der Waals surface area contributed by atoms with Crippen LogP contribution < -0.4 is 0 Å². The summed E-state index contributed by atoms with van der Waals surface area (Å²) in [5, 5.41) is 14.4. The third-order valence-electron chi connectivity index (χ3n) is 2.67. The van der Waals surface area contributed by atoms with Crippen LogP contribution in [0, 0.1) is 10.1 Å². The van der Waals surface area contributed by atoms with Gasteiger partial charge in [0.1, 0.15) is 11.6 Å². The van der Waals surface area contributed by atoms with Gasteiger partial charge in [-0.15, -0.1) is 0 Å². The minimum Gasteiger partial charge on any atom is -0.444 e. The highest BCUT2D eigenvalue weighted by atomic mass is 16.6. The maximum absolute atomic E-state index is 11.7. The lowest BCUT2D eigenvalue weighted by Crippen LogP contribution is -2.52. The molecule has 19 heavy (non-hydrogen) atoms. The standard InChI is InChI=1S/C11H16N4O4/c1-11(2,3)19-10(16)13-6-8(7-13)14-5-4-9(12-14)15(17)18/h4-5,8H,6-7H2,1-3H3. The van der Waals surface area contributed by atoms with Crippen molar-refractivity contribution in [1.29, 1.82) is 0 Å². The van der Waals surface area contributed by atoms with Crippen LogP contribution in [0.15, 0.2) is 12.3 Å². The van der Waals surface area contributed by atoms with Crippen molar-refractivity contribution >= 4 is 11.9 Å². The third-order valence-corrected chi connectivity index (χ3v) is 2.67. The van der Waals surface area contributed by atoms with Gasteiger partial charge in [-0.05, 0) is 25.7 Å². The quantitative estimate of drug-likeness (QED) is 0.600. The van der Waals surface area contributed by atoms with E-state index in [0.717, 1.165) is 0 Å². The molecule has 0 aromatic carbocycles. The van der Waals surface area contributed by atoms with Gasteiger partial charge in [0, 0.05) is 0 Å². The Morgan fingerprint density at radius 2 is 2.16 bits per heavy atom. The van der Waals surface area contributed by atoms with Crippen LogP contribution in [-0.2, 0) is 4.74 Å². The molecule has 1 fully saturated rings. The summed E-state index contributed by atoms with van der Waals surface area (Å²) < 4.78 is 6.73. The molecule has 0 spiro atoms. The number of aromatic nitrogens is 2. The van der Waals surface area contributed by atoms with E-state index in [0.29, 0.717) is 13.1 Å². The van der Waals surface area contributed by atoms with Crippen LogP contribution in [0.4, 0.5) is 10.6 Å². The van der Waals surface area contributed by atoms with Gasteiger partial charge in [-0.1, -0.05) is 0 Å². The molecule has 0 atom stereocenters. The molecule has 1 aromatic rings. The second-order valence-corrected chi connectivity index (χ2v) is 5.45. The Labute approximate surface area is 110 Å². The van der Waals surface area contributed by atoms with Gasteiger partial charge in [0.05, 0.1) is 30.5 Å². The summed E-state index contributed by atoms with van der Waals surface area (Å²) >= 11 is 0. The molecule has 1 aliphatic rings. The molecule has 1 amide bonds. The van der Waals surface area contributed by atoms with Crippen LogP contribution >= 0.6 is 0 Å². The average molecular weight is 268 g/mol. The molecule has 1 aromatic heterocycles. The zero-order valence-corrected chi connectivity index (χ0v) is 11.1. The van der Waals surface area contributed by atoms with Crippen molar-refractivity contribution in [2.24, 2.45) is 0 Å². The summed E-state index contributed by atoms with van der Waals surface area (Å²) in [7, 11) is 0. The van der Waals surface area contributed by atoms with E-state index in [1.165, 1.54) is 10.7 Å². The maximum Gasteiger partial charge on any atom is 0.410 e. The van der Waals surface area contributed by atoms with Gasteiger partial charge in [-0.3, -0.25) is 0 Å².